The molecule has 0 amide bonds. The van der Waals surface area contributed by atoms with E-state index in [4.69, 9.17) is 4.74 Å². The lowest BCUT2D eigenvalue weighted by Gasteiger charge is -2.15. The highest BCUT2D eigenvalue weighted by Gasteiger charge is 2.07. The molecule has 0 aliphatic carbocycles. The topological polar surface area (TPSA) is 52.0 Å². The average molecular weight is 246 g/mol. The monoisotopic (exact) mass is 246 g/mol. The molecule has 1 unspecified atom stereocenters. The maximum absolute atomic E-state index is 5.10. The molecule has 0 saturated heterocycles. The van der Waals surface area contributed by atoms with E-state index in [1.54, 1.807) is 19.5 Å². The van der Waals surface area contributed by atoms with E-state index < -0.39 is 0 Å². The number of imidazole rings is 1. The first-order valence-corrected chi connectivity index (χ1v) is 5.96. The van der Waals surface area contributed by atoms with Crippen molar-refractivity contribution >= 4 is 5.95 Å². The minimum absolute atomic E-state index is 0.222. The smallest absolute Gasteiger partial charge is 0.203 e. The Morgan fingerprint density at radius 2 is 2.22 bits per heavy atom. The summed E-state index contributed by atoms with van der Waals surface area (Å²) < 4.78 is 7.13. The normalized spacial score (nSPS) is 12.3. The van der Waals surface area contributed by atoms with Gasteiger partial charge in [-0.25, -0.2) is 4.98 Å². The molecule has 0 radical (unpaired) electrons. The third kappa shape index (κ3) is 3.30. The van der Waals surface area contributed by atoms with Gasteiger partial charge in [-0.3, -0.25) is 4.98 Å². The third-order valence-electron chi connectivity index (χ3n) is 2.57. The quantitative estimate of drug-likeness (QED) is 0.844. The zero-order valence-electron chi connectivity index (χ0n) is 10.7. The number of hydrogen-bond donors (Lipinski definition) is 1. The Bertz CT molecular complexity index is 469. The van der Waals surface area contributed by atoms with Crippen LogP contribution in [0.2, 0.25) is 0 Å². The average Bonchev–Trinajstić information content (AvgIpc) is 2.78. The van der Waals surface area contributed by atoms with E-state index in [2.05, 4.69) is 22.2 Å². The van der Waals surface area contributed by atoms with Gasteiger partial charge in [0.15, 0.2) is 0 Å². The molecule has 2 aromatic heterocycles. The first-order chi connectivity index (χ1) is 8.79. The Morgan fingerprint density at radius 3 is 2.94 bits per heavy atom. The first kappa shape index (κ1) is 12.6. The predicted octanol–water partition coefficient (Wildman–Crippen LogP) is 1.77. The van der Waals surface area contributed by atoms with Crippen molar-refractivity contribution in [1.29, 1.82) is 0 Å². The van der Waals surface area contributed by atoms with E-state index in [9.17, 15) is 0 Å². The lowest BCUT2D eigenvalue weighted by molar-refractivity contribution is 0.190. The van der Waals surface area contributed by atoms with Gasteiger partial charge in [-0.15, -0.1) is 0 Å². The van der Waals surface area contributed by atoms with E-state index in [1.165, 1.54) is 0 Å². The third-order valence-corrected chi connectivity index (χ3v) is 2.57. The molecule has 0 spiro atoms. The number of anilines is 1. The highest BCUT2D eigenvalue weighted by molar-refractivity contribution is 5.28. The fourth-order valence-corrected chi connectivity index (χ4v) is 1.76. The Kier molecular flexibility index (Phi) is 4.30. The molecule has 96 valence electrons. The molecule has 0 fully saturated rings. The van der Waals surface area contributed by atoms with Crippen molar-refractivity contribution < 1.29 is 4.74 Å². The van der Waals surface area contributed by atoms with Crippen molar-refractivity contribution in [3.63, 3.8) is 0 Å². The molecule has 18 heavy (non-hydrogen) atoms. The van der Waals surface area contributed by atoms with Crippen LogP contribution in [-0.4, -0.2) is 34.3 Å². The largest absolute Gasteiger partial charge is 0.383 e. The van der Waals surface area contributed by atoms with Gasteiger partial charge in [0, 0.05) is 31.7 Å². The minimum Gasteiger partial charge on any atom is -0.383 e. The number of hydrogen-bond acceptors (Lipinski definition) is 4. The summed E-state index contributed by atoms with van der Waals surface area (Å²) in [6.45, 7) is 3.42. The molecule has 2 aromatic rings. The zero-order chi connectivity index (χ0) is 12.8. The van der Waals surface area contributed by atoms with E-state index in [-0.39, 0.29) is 6.04 Å². The van der Waals surface area contributed by atoms with Crippen molar-refractivity contribution in [2.75, 3.05) is 19.0 Å². The summed E-state index contributed by atoms with van der Waals surface area (Å²) in [6, 6.07) is 6.12. The summed E-state index contributed by atoms with van der Waals surface area (Å²) in [7, 11) is 1.69. The molecule has 0 saturated carbocycles. The number of rotatable bonds is 6. The number of ether oxygens (including phenoxy) is 1. The van der Waals surface area contributed by atoms with Gasteiger partial charge in [0.1, 0.15) is 0 Å². The molecule has 2 heterocycles. The molecule has 0 aromatic carbocycles. The molecular formula is C13H18N4O. The van der Waals surface area contributed by atoms with E-state index >= 15 is 0 Å². The molecule has 0 aliphatic heterocycles. The van der Waals surface area contributed by atoms with Gasteiger partial charge in [-0.1, -0.05) is 6.07 Å². The molecule has 1 N–H and O–H groups in total. The van der Waals surface area contributed by atoms with Crippen molar-refractivity contribution in [2.45, 2.75) is 19.5 Å². The van der Waals surface area contributed by atoms with Crippen LogP contribution in [0.3, 0.4) is 0 Å². The van der Waals surface area contributed by atoms with Gasteiger partial charge in [-0.2, -0.15) is 0 Å². The van der Waals surface area contributed by atoms with E-state index in [1.807, 2.05) is 29.0 Å². The lowest BCUT2D eigenvalue weighted by atomic mass is 10.3. The van der Waals surface area contributed by atoms with Gasteiger partial charge >= 0.3 is 0 Å². The second-order valence-electron chi connectivity index (χ2n) is 4.20. The summed E-state index contributed by atoms with van der Waals surface area (Å²) in [4.78, 5) is 8.61. The molecule has 0 bridgehead atoms. The fraction of sp³-hybridized carbons (Fsp3) is 0.385. The van der Waals surface area contributed by atoms with Crippen LogP contribution in [-0.2, 0) is 11.3 Å². The fourth-order valence-electron chi connectivity index (χ4n) is 1.76. The summed E-state index contributed by atoms with van der Waals surface area (Å²) in [5, 5.41) is 3.31. The van der Waals surface area contributed by atoms with Crippen molar-refractivity contribution in [2.24, 2.45) is 0 Å². The van der Waals surface area contributed by atoms with Crippen LogP contribution in [0.1, 0.15) is 12.6 Å². The van der Waals surface area contributed by atoms with Crippen LogP contribution in [0, 0.1) is 0 Å². The van der Waals surface area contributed by atoms with Gasteiger partial charge in [0.05, 0.1) is 18.8 Å². The SMILES string of the molecule is COCC(C)Nc1nccn1Cc1ccccn1. The standard InChI is InChI=1S/C13H18N4O/c1-11(10-18-2)16-13-15-7-8-17(13)9-12-5-3-4-6-14-12/h3-8,11H,9-10H2,1-2H3,(H,15,16). The summed E-state index contributed by atoms with van der Waals surface area (Å²) in [6.07, 6.45) is 5.52. The number of nitrogens with zero attached hydrogens (tertiary/aromatic N) is 3. The van der Waals surface area contributed by atoms with Crippen LogP contribution < -0.4 is 5.32 Å². The summed E-state index contributed by atoms with van der Waals surface area (Å²) >= 11 is 0. The van der Waals surface area contributed by atoms with Gasteiger partial charge in [0.25, 0.3) is 0 Å². The maximum Gasteiger partial charge on any atom is 0.203 e. The zero-order valence-corrected chi connectivity index (χ0v) is 10.7. The van der Waals surface area contributed by atoms with Crippen molar-refractivity contribution in [1.82, 2.24) is 14.5 Å². The second-order valence-corrected chi connectivity index (χ2v) is 4.20. The molecule has 5 heteroatoms. The van der Waals surface area contributed by atoms with Crippen molar-refractivity contribution in [3.05, 3.63) is 42.5 Å². The summed E-state index contributed by atoms with van der Waals surface area (Å²) in [5.41, 5.74) is 1.01. The molecule has 5 nitrogen and oxygen atoms in total. The van der Waals surface area contributed by atoms with Crippen LogP contribution in [0.15, 0.2) is 36.8 Å². The number of aromatic nitrogens is 3. The highest BCUT2D eigenvalue weighted by atomic mass is 16.5. The summed E-state index contributed by atoms with van der Waals surface area (Å²) in [5.74, 6) is 0.838. The highest BCUT2D eigenvalue weighted by Crippen LogP contribution is 2.09. The molecular weight excluding hydrogens is 228 g/mol. The van der Waals surface area contributed by atoms with Gasteiger partial charge in [0.2, 0.25) is 5.95 Å². The van der Waals surface area contributed by atoms with Crippen LogP contribution in [0.25, 0.3) is 0 Å². The predicted molar refractivity (Wildman–Crippen MR) is 70.5 cm³/mol. The Morgan fingerprint density at radius 1 is 1.33 bits per heavy atom. The Labute approximate surface area is 107 Å². The van der Waals surface area contributed by atoms with Crippen LogP contribution in [0.5, 0.6) is 0 Å². The Balaban J connectivity index is 2.04. The number of pyridine rings is 1. The van der Waals surface area contributed by atoms with Crippen LogP contribution >= 0.6 is 0 Å². The van der Waals surface area contributed by atoms with Gasteiger partial charge in [-0.05, 0) is 19.1 Å². The second kappa shape index (κ2) is 6.16. The number of methoxy groups -OCH3 is 1. The first-order valence-electron chi connectivity index (χ1n) is 5.96. The van der Waals surface area contributed by atoms with Crippen LogP contribution in [0.4, 0.5) is 5.95 Å². The lowest BCUT2D eigenvalue weighted by Crippen LogP contribution is -2.23. The molecule has 1 atom stereocenters. The van der Waals surface area contributed by atoms with E-state index in [0.29, 0.717) is 13.2 Å². The Hall–Kier alpha value is -1.88. The van der Waals surface area contributed by atoms with Gasteiger partial charge < -0.3 is 14.6 Å². The molecule has 2 rings (SSSR count). The maximum atomic E-state index is 5.10. The van der Waals surface area contributed by atoms with E-state index in [0.717, 1.165) is 11.6 Å². The molecule has 0 aliphatic rings. The van der Waals surface area contributed by atoms with Crippen molar-refractivity contribution in [3.8, 4) is 0 Å². The minimum atomic E-state index is 0.222. The number of nitrogens with one attached hydrogen (secondary N) is 1.